The molecule has 1 saturated carbocycles. The zero-order valence-electron chi connectivity index (χ0n) is 15.5. The molecule has 0 heterocycles. The van der Waals surface area contributed by atoms with Crippen LogP contribution in [0.15, 0.2) is 23.2 Å². The Morgan fingerprint density at radius 3 is 2.84 bits per heavy atom. The first kappa shape index (κ1) is 19.9. The van der Waals surface area contributed by atoms with Crippen LogP contribution < -0.4 is 10.6 Å². The van der Waals surface area contributed by atoms with E-state index in [4.69, 9.17) is 0 Å². The minimum Gasteiger partial charge on any atom is -0.357 e. The molecule has 1 aliphatic carbocycles. The van der Waals surface area contributed by atoms with Crippen LogP contribution in [0, 0.1) is 12.7 Å². The molecule has 0 aromatic heterocycles. The van der Waals surface area contributed by atoms with Gasteiger partial charge in [-0.2, -0.15) is 0 Å². The van der Waals surface area contributed by atoms with Crippen molar-refractivity contribution in [3.63, 3.8) is 0 Å². The molecule has 3 unspecified atom stereocenters. The second-order valence-electron chi connectivity index (χ2n) is 6.58. The minimum atomic E-state index is -0.727. The fraction of sp³-hybridized carbons (Fsp3) is 0.632. The summed E-state index contributed by atoms with van der Waals surface area (Å²) in [6.07, 6.45) is 4.17. The molecular formula is C19H30FN3OS. The van der Waals surface area contributed by atoms with Crippen molar-refractivity contribution in [2.75, 3.05) is 12.3 Å². The summed E-state index contributed by atoms with van der Waals surface area (Å²) in [7, 11) is -0.727. The van der Waals surface area contributed by atoms with Crippen LogP contribution >= 0.6 is 0 Å². The standard InChI is InChI=1S/C19H30FN3OS/c1-4-21-19(22-13-15-9-10-18(20)14(3)11-15)23-16-7-6-8-17(12-16)25(24)5-2/h9-11,16-17H,4-8,12-13H2,1-3H3,(H2,21,22,23). The van der Waals surface area contributed by atoms with E-state index in [0.717, 1.165) is 49.5 Å². The van der Waals surface area contributed by atoms with E-state index < -0.39 is 10.8 Å². The first-order valence-electron chi connectivity index (χ1n) is 9.20. The van der Waals surface area contributed by atoms with E-state index in [0.29, 0.717) is 23.4 Å². The van der Waals surface area contributed by atoms with Crippen molar-refractivity contribution in [2.24, 2.45) is 4.99 Å². The lowest BCUT2D eigenvalue weighted by molar-refractivity contribution is 0.413. The Labute approximate surface area is 153 Å². The molecule has 2 N–H and O–H groups in total. The van der Waals surface area contributed by atoms with Crippen LogP contribution in [0.2, 0.25) is 0 Å². The van der Waals surface area contributed by atoms with Gasteiger partial charge in [-0.05, 0) is 50.3 Å². The van der Waals surface area contributed by atoms with Gasteiger partial charge in [0.15, 0.2) is 5.96 Å². The monoisotopic (exact) mass is 367 g/mol. The Balaban J connectivity index is 1.99. The van der Waals surface area contributed by atoms with Gasteiger partial charge in [0.1, 0.15) is 5.82 Å². The van der Waals surface area contributed by atoms with E-state index >= 15 is 0 Å². The van der Waals surface area contributed by atoms with Crippen LogP contribution in [0.3, 0.4) is 0 Å². The molecule has 0 spiro atoms. The third-order valence-corrected chi connectivity index (χ3v) is 6.35. The average Bonchev–Trinajstić information content (AvgIpc) is 2.62. The predicted molar refractivity (Wildman–Crippen MR) is 104 cm³/mol. The van der Waals surface area contributed by atoms with Crippen LogP contribution in [0.5, 0.6) is 0 Å². The Morgan fingerprint density at radius 1 is 1.36 bits per heavy atom. The first-order valence-corrected chi connectivity index (χ1v) is 10.6. The number of nitrogens with one attached hydrogen (secondary N) is 2. The number of nitrogens with zero attached hydrogens (tertiary/aromatic N) is 1. The molecule has 140 valence electrons. The zero-order valence-corrected chi connectivity index (χ0v) is 16.3. The molecule has 2 rings (SSSR count). The summed E-state index contributed by atoms with van der Waals surface area (Å²) in [6, 6.07) is 5.41. The highest BCUT2D eigenvalue weighted by molar-refractivity contribution is 7.85. The summed E-state index contributed by atoms with van der Waals surface area (Å²) < 4.78 is 25.5. The van der Waals surface area contributed by atoms with Gasteiger partial charge in [0.25, 0.3) is 0 Å². The summed E-state index contributed by atoms with van der Waals surface area (Å²) in [4.78, 5) is 4.63. The van der Waals surface area contributed by atoms with Crippen LogP contribution in [0.4, 0.5) is 4.39 Å². The highest BCUT2D eigenvalue weighted by Crippen LogP contribution is 2.23. The maximum absolute atomic E-state index is 13.4. The van der Waals surface area contributed by atoms with Crippen molar-refractivity contribution in [1.29, 1.82) is 0 Å². The maximum atomic E-state index is 13.4. The van der Waals surface area contributed by atoms with Gasteiger partial charge >= 0.3 is 0 Å². The van der Waals surface area contributed by atoms with Gasteiger partial charge in [-0.15, -0.1) is 0 Å². The van der Waals surface area contributed by atoms with Crippen molar-refractivity contribution in [2.45, 2.75) is 64.3 Å². The number of aliphatic imine (C=N–C) groups is 1. The number of rotatable bonds is 6. The Bertz CT molecular complexity index is 621. The summed E-state index contributed by atoms with van der Waals surface area (Å²) in [5.41, 5.74) is 1.63. The Morgan fingerprint density at radius 2 is 2.16 bits per heavy atom. The zero-order chi connectivity index (χ0) is 18.2. The van der Waals surface area contributed by atoms with Gasteiger partial charge in [0.05, 0.1) is 6.54 Å². The van der Waals surface area contributed by atoms with Crippen molar-refractivity contribution in [3.05, 3.63) is 35.1 Å². The number of aryl methyl sites for hydroxylation is 1. The molecule has 1 aromatic carbocycles. The topological polar surface area (TPSA) is 53.5 Å². The van der Waals surface area contributed by atoms with Gasteiger partial charge in [0, 0.05) is 34.4 Å². The molecular weight excluding hydrogens is 337 g/mol. The molecule has 3 atom stereocenters. The molecule has 0 radical (unpaired) electrons. The fourth-order valence-corrected chi connectivity index (χ4v) is 4.59. The number of hydrogen-bond donors (Lipinski definition) is 2. The minimum absolute atomic E-state index is 0.185. The molecule has 4 nitrogen and oxygen atoms in total. The molecule has 0 amide bonds. The molecule has 0 saturated heterocycles. The van der Waals surface area contributed by atoms with E-state index in [9.17, 15) is 8.60 Å². The van der Waals surface area contributed by atoms with Gasteiger partial charge in [-0.1, -0.05) is 25.5 Å². The molecule has 0 bridgehead atoms. The van der Waals surface area contributed by atoms with Crippen LogP contribution in [0.25, 0.3) is 0 Å². The summed E-state index contributed by atoms with van der Waals surface area (Å²) >= 11 is 0. The van der Waals surface area contributed by atoms with Gasteiger partial charge < -0.3 is 10.6 Å². The van der Waals surface area contributed by atoms with Gasteiger partial charge in [-0.25, -0.2) is 9.38 Å². The third kappa shape index (κ3) is 6.10. The third-order valence-electron chi connectivity index (χ3n) is 4.61. The summed E-state index contributed by atoms with van der Waals surface area (Å²) in [5.74, 6) is 1.32. The number of halogens is 1. The maximum Gasteiger partial charge on any atom is 0.191 e. The largest absolute Gasteiger partial charge is 0.357 e. The Hall–Kier alpha value is -1.43. The molecule has 25 heavy (non-hydrogen) atoms. The Kier molecular flexibility index (Phi) is 7.88. The molecule has 0 aliphatic heterocycles. The normalized spacial score (nSPS) is 22.5. The van der Waals surface area contributed by atoms with Crippen LogP contribution in [-0.2, 0) is 17.3 Å². The fourth-order valence-electron chi connectivity index (χ4n) is 3.24. The second kappa shape index (κ2) is 9.90. The smallest absolute Gasteiger partial charge is 0.191 e. The van der Waals surface area contributed by atoms with E-state index in [-0.39, 0.29) is 5.82 Å². The molecule has 1 aliphatic rings. The number of guanidine groups is 1. The van der Waals surface area contributed by atoms with E-state index in [1.807, 2.05) is 19.9 Å². The summed E-state index contributed by atoms with van der Waals surface area (Å²) in [6.45, 7) is 7.08. The molecule has 1 fully saturated rings. The second-order valence-corrected chi connectivity index (χ2v) is 8.58. The first-order chi connectivity index (χ1) is 12.0. The molecule has 6 heteroatoms. The van der Waals surface area contributed by atoms with Crippen molar-refractivity contribution in [3.8, 4) is 0 Å². The highest BCUT2D eigenvalue weighted by atomic mass is 32.2. The highest BCUT2D eigenvalue weighted by Gasteiger charge is 2.26. The number of benzene rings is 1. The lowest BCUT2D eigenvalue weighted by Crippen LogP contribution is -2.46. The van der Waals surface area contributed by atoms with Crippen molar-refractivity contribution >= 4 is 16.8 Å². The van der Waals surface area contributed by atoms with Crippen molar-refractivity contribution < 1.29 is 8.60 Å². The quantitative estimate of drug-likeness (QED) is 0.599. The van der Waals surface area contributed by atoms with Crippen LogP contribution in [0.1, 0.15) is 50.7 Å². The predicted octanol–water partition coefficient (Wildman–Crippen LogP) is 3.27. The summed E-state index contributed by atoms with van der Waals surface area (Å²) in [5, 5.41) is 7.06. The molecule has 1 aromatic rings. The van der Waals surface area contributed by atoms with E-state index in [2.05, 4.69) is 15.6 Å². The average molecular weight is 368 g/mol. The lowest BCUT2D eigenvalue weighted by Gasteiger charge is -2.30. The SMILES string of the molecule is CCNC(=NCc1ccc(F)c(C)c1)NC1CCCC(S(=O)CC)C1. The lowest BCUT2D eigenvalue weighted by atomic mass is 9.95. The van der Waals surface area contributed by atoms with Gasteiger partial charge in [-0.3, -0.25) is 4.21 Å². The van der Waals surface area contributed by atoms with Crippen LogP contribution in [-0.4, -0.2) is 33.8 Å². The van der Waals surface area contributed by atoms with E-state index in [1.165, 1.54) is 6.07 Å². The number of hydrogen-bond acceptors (Lipinski definition) is 2. The van der Waals surface area contributed by atoms with E-state index in [1.54, 1.807) is 13.0 Å². The van der Waals surface area contributed by atoms with Gasteiger partial charge in [0.2, 0.25) is 0 Å². The van der Waals surface area contributed by atoms with Crippen molar-refractivity contribution in [1.82, 2.24) is 10.6 Å².